The number of hydrogen-bond acceptors (Lipinski definition) is 2. The monoisotopic (exact) mass is 212 g/mol. The van der Waals surface area contributed by atoms with Gasteiger partial charge in [-0.1, -0.05) is 13.8 Å². The highest BCUT2D eigenvalue weighted by Crippen LogP contribution is 2.22. The van der Waals surface area contributed by atoms with Crippen molar-refractivity contribution in [3.8, 4) is 0 Å². The molecule has 1 saturated heterocycles. The molecule has 1 N–H and O–H groups in total. The first-order chi connectivity index (χ1) is 7.11. The Kier molecular flexibility index (Phi) is 4.58. The fourth-order valence-corrected chi connectivity index (χ4v) is 2.24. The molecule has 0 aromatic rings. The number of amides is 1. The fraction of sp³-hybridized carbons (Fsp3) is 0.917. The summed E-state index contributed by atoms with van der Waals surface area (Å²) in [7, 11) is 1.97. The highest BCUT2D eigenvalue weighted by molar-refractivity contribution is 5.79. The molecule has 0 radical (unpaired) electrons. The first-order valence-corrected chi connectivity index (χ1v) is 6.09. The van der Waals surface area contributed by atoms with Gasteiger partial charge in [-0.05, 0) is 33.2 Å². The second-order valence-electron chi connectivity index (χ2n) is 4.63. The van der Waals surface area contributed by atoms with Crippen molar-refractivity contribution in [2.45, 2.75) is 52.1 Å². The quantitative estimate of drug-likeness (QED) is 0.768. The Hall–Kier alpha value is -0.570. The summed E-state index contributed by atoms with van der Waals surface area (Å²) in [5, 5.41) is 3.25. The van der Waals surface area contributed by atoms with Crippen molar-refractivity contribution in [2.75, 3.05) is 13.6 Å². The molecule has 1 aliphatic rings. The van der Waals surface area contributed by atoms with Crippen LogP contribution in [0.5, 0.6) is 0 Å². The maximum atomic E-state index is 12.1. The molecular formula is C12H24N2O. The summed E-state index contributed by atoms with van der Waals surface area (Å²) < 4.78 is 0. The molecule has 1 amide bonds. The molecule has 0 aromatic carbocycles. The van der Waals surface area contributed by atoms with Gasteiger partial charge < -0.3 is 10.2 Å². The van der Waals surface area contributed by atoms with Gasteiger partial charge in [0.2, 0.25) is 5.91 Å². The number of hydrogen-bond donors (Lipinski definition) is 1. The molecule has 1 rings (SSSR count). The average Bonchev–Trinajstić information content (AvgIpc) is 2.74. The molecule has 0 aliphatic carbocycles. The zero-order valence-corrected chi connectivity index (χ0v) is 10.4. The lowest BCUT2D eigenvalue weighted by molar-refractivity contribution is -0.136. The van der Waals surface area contributed by atoms with Gasteiger partial charge in [0.15, 0.2) is 0 Å². The minimum atomic E-state index is 0.176. The van der Waals surface area contributed by atoms with Crippen LogP contribution in [-0.2, 0) is 4.79 Å². The molecule has 0 aromatic heterocycles. The minimum absolute atomic E-state index is 0.176. The van der Waals surface area contributed by atoms with E-state index in [4.69, 9.17) is 0 Å². The van der Waals surface area contributed by atoms with Gasteiger partial charge >= 0.3 is 0 Å². The number of likely N-dealkylation sites (tertiary alicyclic amines) is 1. The molecule has 15 heavy (non-hydrogen) atoms. The van der Waals surface area contributed by atoms with E-state index < -0.39 is 0 Å². The number of rotatable bonds is 4. The van der Waals surface area contributed by atoms with Gasteiger partial charge in [0, 0.05) is 24.5 Å². The molecule has 1 fully saturated rings. The predicted molar refractivity (Wildman–Crippen MR) is 62.7 cm³/mol. The largest absolute Gasteiger partial charge is 0.338 e. The molecule has 1 heterocycles. The van der Waals surface area contributed by atoms with E-state index >= 15 is 0 Å². The van der Waals surface area contributed by atoms with Gasteiger partial charge in [0.1, 0.15) is 0 Å². The minimum Gasteiger partial charge on any atom is -0.338 e. The first kappa shape index (κ1) is 12.5. The van der Waals surface area contributed by atoms with E-state index in [1.54, 1.807) is 0 Å². The third-order valence-electron chi connectivity index (χ3n) is 3.65. The zero-order valence-electron chi connectivity index (χ0n) is 10.4. The Morgan fingerprint density at radius 1 is 1.53 bits per heavy atom. The fourth-order valence-electron chi connectivity index (χ4n) is 2.24. The van der Waals surface area contributed by atoms with Crippen LogP contribution in [0.1, 0.15) is 40.0 Å². The van der Waals surface area contributed by atoms with Crippen molar-refractivity contribution in [1.29, 1.82) is 0 Å². The van der Waals surface area contributed by atoms with Crippen LogP contribution in [0.3, 0.4) is 0 Å². The Labute approximate surface area is 93.2 Å². The summed E-state index contributed by atoms with van der Waals surface area (Å²) >= 11 is 0. The second kappa shape index (κ2) is 5.50. The molecule has 3 heteroatoms. The Morgan fingerprint density at radius 3 is 2.73 bits per heavy atom. The van der Waals surface area contributed by atoms with Crippen molar-refractivity contribution in [3.05, 3.63) is 0 Å². The normalized spacial score (nSPS) is 25.3. The van der Waals surface area contributed by atoms with Gasteiger partial charge in [-0.15, -0.1) is 0 Å². The molecule has 3 atom stereocenters. The molecule has 3 unspecified atom stereocenters. The third-order valence-corrected chi connectivity index (χ3v) is 3.65. The summed E-state index contributed by atoms with van der Waals surface area (Å²) in [6, 6.07) is 0.803. The lowest BCUT2D eigenvalue weighted by Gasteiger charge is -2.31. The predicted octanol–water partition coefficient (Wildman–Crippen LogP) is 1.63. The van der Waals surface area contributed by atoms with Crippen LogP contribution in [0.25, 0.3) is 0 Å². The molecule has 0 spiro atoms. The maximum Gasteiger partial charge on any atom is 0.225 e. The molecule has 0 bridgehead atoms. The number of likely N-dealkylation sites (N-methyl/N-ethyl adjacent to an activating group) is 1. The lowest BCUT2D eigenvalue weighted by Crippen LogP contribution is -2.48. The first-order valence-electron chi connectivity index (χ1n) is 6.09. The van der Waals surface area contributed by atoms with Crippen molar-refractivity contribution in [3.63, 3.8) is 0 Å². The van der Waals surface area contributed by atoms with Crippen molar-refractivity contribution in [1.82, 2.24) is 10.2 Å². The summed E-state index contributed by atoms with van der Waals surface area (Å²) in [6.45, 7) is 7.21. The zero-order chi connectivity index (χ0) is 11.4. The van der Waals surface area contributed by atoms with E-state index in [-0.39, 0.29) is 5.92 Å². The Balaban J connectivity index is 2.63. The average molecular weight is 212 g/mol. The number of carbonyl (C=O) groups is 1. The van der Waals surface area contributed by atoms with E-state index in [9.17, 15) is 4.79 Å². The number of nitrogens with zero attached hydrogens (tertiary/aromatic N) is 1. The van der Waals surface area contributed by atoms with Gasteiger partial charge in [0.05, 0.1) is 0 Å². The van der Waals surface area contributed by atoms with Crippen LogP contribution in [0, 0.1) is 5.92 Å². The highest BCUT2D eigenvalue weighted by Gasteiger charge is 2.33. The number of nitrogens with one attached hydrogen (secondary N) is 1. The van der Waals surface area contributed by atoms with Gasteiger partial charge in [0.25, 0.3) is 0 Å². The van der Waals surface area contributed by atoms with E-state index in [1.165, 1.54) is 0 Å². The SMILES string of the molecule is CCC(C)C(=O)N1CCCC1C(C)NC. The van der Waals surface area contributed by atoms with Gasteiger partial charge in [-0.25, -0.2) is 0 Å². The van der Waals surface area contributed by atoms with Crippen molar-refractivity contribution in [2.24, 2.45) is 5.92 Å². The van der Waals surface area contributed by atoms with Crippen LogP contribution >= 0.6 is 0 Å². The van der Waals surface area contributed by atoms with E-state index in [0.29, 0.717) is 18.0 Å². The van der Waals surface area contributed by atoms with Gasteiger partial charge in [-0.3, -0.25) is 4.79 Å². The Bertz CT molecular complexity index is 218. The number of carbonyl (C=O) groups excluding carboxylic acids is 1. The summed E-state index contributed by atoms with van der Waals surface area (Å²) in [5.41, 5.74) is 0. The molecular weight excluding hydrogens is 188 g/mol. The van der Waals surface area contributed by atoms with Gasteiger partial charge in [-0.2, -0.15) is 0 Å². The van der Waals surface area contributed by atoms with Crippen LogP contribution < -0.4 is 5.32 Å². The summed E-state index contributed by atoms with van der Waals surface area (Å²) in [6.07, 6.45) is 3.24. The second-order valence-corrected chi connectivity index (χ2v) is 4.63. The molecule has 1 aliphatic heterocycles. The van der Waals surface area contributed by atoms with Crippen molar-refractivity contribution >= 4 is 5.91 Å². The van der Waals surface area contributed by atoms with E-state index in [0.717, 1.165) is 25.8 Å². The summed E-state index contributed by atoms with van der Waals surface area (Å²) in [4.78, 5) is 14.2. The topological polar surface area (TPSA) is 32.3 Å². The maximum absolute atomic E-state index is 12.1. The lowest BCUT2D eigenvalue weighted by atomic mass is 10.0. The van der Waals surface area contributed by atoms with Crippen LogP contribution in [0.2, 0.25) is 0 Å². The summed E-state index contributed by atoms with van der Waals surface area (Å²) in [5.74, 6) is 0.511. The van der Waals surface area contributed by atoms with Crippen LogP contribution in [0.15, 0.2) is 0 Å². The van der Waals surface area contributed by atoms with E-state index in [2.05, 4.69) is 24.1 Å². The Morgan fingerprint density at radius 2 is 2.20 bits per heavy atom. The van der Waals surface area contributed by atoms with Crippen molar-refractivity contribution < 1.29 is 4.79 Å². The smallest absolute Gasteiger partial charge is 0.225 e. The van der Waals surface area contributed by atoms with E-state index in [1.807, 2.05) is 14.0 Å². The molecule has 0 saturated carbocycles. The molecule has 88 valence electrons. The van der Waals surface area contributed by atoms with Crippen LogP contribution in [0.4, 0.5) is 0 Å². The third kappa shape index (κ3) is 2.71. The highest BCUT2D eigenvalue weighted by atomic mass is 16.2. The molecule has 3 nitrogen and oxygen atoms in total. The standard InChI is InChI=1S/C12H24N2O/c1-5-9(2)12(15)14-8-6-7-11(14)10(3)13-4/h9-11,13H,5-8H2,1-4H3. The van der Waals surface area contributed by atoms with Crippen LogP contribution in [-0.4, -0.2) is 36.5 Å².